The minimum atomic E-state index is -0.136. The summed E-state index contributed by atoms with van der Waals surface area (Å²) in [6, 6.07) is 19.2. The summed E-state index contributed by atoms with van der Waals surface area (Å²) in [5, 5.41) is 10.4. The summed E-state index contributed by atoms with van der Waals surface area (Å²) >= 11 is 0. The fraction of sp³-hybridized carbons (Fsp3) is 0.120. The van der Waals surface area contributed by atoms with E-state index in [1.807, 2.05) is 74.0 Å². The number of nitrogens with one attached hydrogen (secondary N) is 1. The van der Waals surface area contributed by atoms with Gasteiger partial charge in [-0.25, -0.2) is 9.97 Å². The highest BCUT2D eigenvalue weighted by Crippen LogP contribution is 2.23. The van der Waals surface area contributed by atoms with Gasteiger partial charge in [-0.05, 0) is 62.7 Å². The van der Waals surface area contributed by atoms with Crippen LogP contribution < -0.4 is 5.56 Å². The Hall–Kier alpha value is -4.44. The molecule has 3 aromatic heterocycles. The number of para-hydroxylation sites is 3. The largest absolute Gasteiger partial charge is 0.337 e. The summed E-state index contributed by atoms with van der Waals surface area (Å²) in [6.07, 6.45) is 1.80. The maximum Gasteiger partial charge on any atom is 0.280 e. The molecule has 5 aromatic rings. The number of aryl methyl sites for hydroxylation is 2. The molecule has 0 unspecified atom stereocenters. The number of nitriles is 1. The Labute approximate surface area is 183 Å². The SMILES string of the molecule is Cc1cc(C=C(C#N)c2nc3ccccc3[nH]2)c(C)n1-n1c(C)nc2ccccc2c1=O. The highest BCUT2D eigenvalue weighted by molar-refractivity contribution is 5.90. The number of allylic oxidation sites excluding steroid dienone is 1. The molecular formula is C25H20N6O. The predicted molar refractivity (Wildman–Crippen MR) is 125 cm³/mol. The Bertz CT molecular complexity index is 1610. The Morgan fingerprint density at radius 3 is 2.47 bits per heavy atom. The first kappa shape index (κ1) is 19.5. The molecule has 2 aromatic carbocycles. The second-order valence-electron chi connectivity index (χ2n) is 7.70. The molecule has 5 rings (SSSR count). The molecule has 1 N–H and O–H groups in total. The highest BCUT2D eigenvalue weighted by atomic mass is 16.1. The molecule has 7 heteroatoms. The van der Waals surface area contributed by atoms with Crippen LogP contribution in [0.5, 0.6) is 0 Å². The molecule has 0 aliphatic heterocycles. The van der Waals surface area contributed by atoms with Gasteiger partial charge in [0, 0.05) is 11.4 Å². The molecule has 32 heavy (non-hydrogen) atoms. The van der Waals surface area contributed by atoms with Gasteiger partial charge in [0.2, 0.25) is 0 Å². The molecule has 0 aliphatic carbocycles. The zero-order valence-electron chi connectivity index (χ0n) is 17.9. The van der Waals surface area contributed by atoms with Crippen molar-refractivity contribution in [3.63, 3.8) is 0 Å². The molecule has 0 aliphatic rings. The van der Waals surface area contributed by atoms with E-state index in [2.05, 4.69) is 21.0 Å². The Balaban J connectivity index is 1.67. The zero-order valence-corrected chi connectivity index (χ0v) is 17.9. The number of fused-ring (bicyclic) bond motifs is 2. The third kappa shape index (κ3) is 3.01. The lowest BCUT2D eigenvalue weighted by atomic mass is 10.1. The average Bonchev–Trinajstić information content (AvgIpc) is 3.33. The van der Waals surface area contributed by atoms with E-state index in [0.29, 0.717) is 28.1 Å². The van der Waals surface area contributed by atoms with Gasteiger partial charge in [0.15, 0.2) is 0 Å². The third-order valence-corrected chi connectivity index (χ3v) is 5.61. The van der Waals surface area contributed by atoms with E-state index in [1.54, 1.807) is 16.8 Å². The molecule has 7 nitrogen and oxygen atoms in total. The molecule has 0 saturated carbocycles. The molecule has 0 bridgehead atoms. The van der Waals surface area contributed by atoms with Crippen LogP contribution in [0.3, 0.4) is 0 Å². The van der Waals surface area contributed by atoms with E-state index in [-0.39, 0.29) is 5.56 Å². The molecule has 0 atom stereocenters. The molecule has 0 radical (unpaired) electrons. The second-order valence-corrected chi connectivity index (χ2v) is 7.70. The molecule has 0 saturated heterocycles. The maximum atomic E-state index is 13.3. The van der Waals surface area contributed by atoms with Crippen LogP contribution in [-0.2, 0) is 0 Å². The topological polar surface area (TPSA) is 92.3 Å². The quantitative estimate of drug-likeness (QED) is 0.439. The van der Waals surface area contributed by atoms with Crippen molar-refractivity contribution in [2.24, 2.45) is 0 Å². The molecule has 156 valence electrons. The first-order valence-electron chi connectivity index (χ1n) is 10.2. The van der Waals surface area contributed by atoms with Crippen molar-refractivity contribution in [1.82, 2.24) is 24.3 Å². The van der Waals surface area contributed by atoms with Crippen molar-refractivity contribution in [2.45, 2.75) is 20.8 Å². The smallest absolute Gasteiger partial charge is 0.280 e. The number of aromatic nitrogens is 5. The summed E-state index contributed by atoms with van der Waals surface area (Å²) in [5.74, 6) is 1.10. The number of imidazole rings is 1. The lowest BCUT2D eigenvalue weighted by molar-refractivity contribution is 0.573. The van der Waals surface area contributed by atoms with E-state index >= 15 is 0 Å². The van der Waals surface area contributed by atoms with Gasteiger partial charge < -0.3 is 4.98 Å². The van der Waals surface area contributed by atoms with Crippen LogP contribution in [0.15, 0.2) is 59.4 Å². The van der Waals surface area contributed by atoms with E-state index < -0.39 is 0 Å². The van der Waals surface area contributed by atoms with Crippen LogP contribution >= 0.6 is 0 Å². The zero-order chi connectivity index (χ0) is 22.4. The first-order chi connectivity index (χ1) is 15.5. The Morgan fingerprint density at radius 2 is 1.72 bits per heavy atom. The van der Waals surface area contributed by atoms with Crippen LogP contribution in [0.25, 0.3) is 33.6 Å². The lowest BCUT2D eigenvalue weighted by Gasteiger charge is -2.16. The van der Waals surface area contributed by atoms with Crippen LogP contribution in [0.2, 0.25) is 0 Å². The lowest BCUT2D eigenvalue weighted by Crippen LogP contribution is -2.30. The highest BCUT2D eigenvalue weighted by Gasteiger charge is 2.16. The minimum Gasteiger partial charge on any atom is -0.337 e. The van der Waals surface area contributed by atoms with Crippen LogP contribution in [0.1, 0.15) is 28.6 Å². The number of H-pyrrole nitrogens is 1. The van der Waals surface area contributed by atoms with E-state index in [1.165, 1.54) is 0 Å². The summed E-state index contributed by atoms with van der Waals surface area (Å²) in [6.45, 7) is 5.67. The molecule has 0 spiro atoms. The Kier molecular flexibility index (Phi) is 4.49. The van der Waals surface area contributed by atoms with Gasteiger partial charge in [-0.2, -0.15) is 9.94 Å². The normalized spacial score (nSPS) is 11.9. The first-order valence-corrected chi connectivity index (χ1v) is 10.2. The minimum absolute atomic E-state index is 0.136. The van der Waals surface area contributed by atoms with Gasteiger partial charge >= 0.3 is 0 Å². The van der Waals surface area contributed by atoms with Crippen LogP contribution in [0.4, 0.5) is 0 Å². The standard InChI is InChI=1S/C25H20N6O/c1-15-12-18(13-19(14-26)24-28-22-10-6-7-11-23(22)29-24)16(2)30(15)31-17(3)27-21-9-5-4-8-20(21)25(31)32/h4-13H,1-3H3,(H,28,29). The van der Waals surface area contributed by atoms with E-state index in [4.69, 9.17) is 0 Å². The van der Waals surface area contributed by atoms with Gasteiger partial charge in [0.05, 0.1) is 27.5 Å². The van der Waals surface area contributed by atoms with Crippen molar-refractivity contribution in [1.29, 1.82) is 5.26 Å². The Morgan fingerprint density at radius 1 is 1.00 bits per heavy atom. The van der Waals surface area contributed by atoms with Crippen molar-refractivity contribution >= 4 is 33.6 Å². The number of hydrogen-bond donors (Lipinski definition) is 1. The van der Waals surface area contributed by atoms with Gasteiger partial charge in [-0.3, -0.25) is 9.47 Å². The van der Waals surface area contributed by atoms with Crippen molar-refractivity contribution in [3.8, 4) is 6.07 Å². The third-order valence-electron chi connectivity index (χ3n) is 5.61. The summed E-state index contributed by atoms with van der Waals surface area (Å²) in [5.41, 5.74) is 5.15. The van der Waals surface area contributed by atoms with Crippen LogP contribution in [-0.4, -0.2) is 24.3 Å². The molecule has 0 fully saturated rings. The molecular weight excluding hydrogens is 400 g/mol. The van der Waals surface area contributed by atoms with E-state index in [9.17, 15) is 10.1 Å². The van der Waals surface area contributed by atoms with Crippen molar-refractivity contribution < 1.29 is 0 Å². The number of rotatable bonds is 3. The van der Waals surface area contributed by atoms with Crippen LogP contribution in [0, 0.1) is 32.1 Å². The van der Waals surface area contributed by atoms with E-state index in [0.717, 1.165) is 28.0 Å². The summed E-state index contributed by atoms with van der Waals surface area (Å²) < 4.78 is 3.42. The number of aromatic amines is 1. The maximum absolute atomic E-state index is 13.3. The van der Waals surface area contributed by atoms with Crippen molar-refractivity contribution in [3.05, 3.63) is 93.6 Å². The summed E-state index contributed by atoms with van der Waals surface area (Å²) in [4.78, 5) is 25.6. The number of benzene rings is 2. The molecule has 3 heterocycles. The van der Waals surface area contributed by atoms with Gasteiger partial charge in [0.25, 0.3) is 5.56 Å². The predicted octanol–water partition coefficient (Wildman–Crippen LogP) is 4.38. The monoisotopic (exact) mass is 420 g/mol. The van der Waals surface area contributed by atoms with Crippen molar-refractivity contribution in [2.75, 3.05) is 0 Å². The fourth-order valence-electron chi connectivity index (χ4n) is 4.09. The van der Waals surface area contributed by atoms with Gasteiger partial charge in [0.1, 0.15) is 17.7 Å². The number of nitrogens with zero attached hydrogens (tertiary/aromatic N) is 5. The van der Waals surface area contributed by atoms with Gasteiger partial charge in [-0.1, -0.05) is 24.3 Å². The average molecular weight is 420 g/mol. The molecule has 0 amide bonds. The summed E-state index contributed by atoms with van der Waals surface area (Å²) in [7, 11) is 0. The number of hydrogen-bond acceptors (Lipinski definition) is 4. The fourth-order valence-corrected chi connectivity index (χ4v) is 4.09. The van der Waals surface area contributed by atoms with Gasteiger partial charge in [-0.15, -0.1) is 0 Å². The second kappa shape index (κ2) is 7.36.